The third-order valence-corrected chi connectivity index (χ3v) is 6.25. The molecular weight excluding hydrogens is 340 g/mol. The van der Waals surface area contributed by atoms with Gasteiger partial charge in [-0.1, -0.05) is 18.2 Å². The fourth-order valence-corrected chi connectivity index (χ4v) is 4.48. The number of rotatable bonds is 4. The third-order valence-electron chi connectivity index (χ3n) is 6.25. The molecule has 3 aromatic rings. The van der Waals surface area contributed by atoms with Crippen molar-refractivity contribution in [1.82, 2.24) is 19.8 Å². The number of furan rings is 1. The van der Waals surface area contributed by atoms with E-state index >= 15 is 0 Å². The van der Waals surface area contributed by atoms with Crippen molar-refractivity contribution in [3.63, 3.8) is 0 Å². The Kier molecular flexibility index (Phi) is 3.82. The van der Waals surface area contributed by atoms with Gasteiger partial charge in [0.25, 0.3) is 5.91 Å². The zero-order chi connectivity index (χ0) is 18.4. The monoisotopic (exact) mass is 364 g/mol. The smallest absolute Gasteiger partial charge is 0.290 e. The molecule has 27 heavy (non-hydrogen) atoms. The van der Waals surface area contributed by atoms with Gasteiger partial charge in [-0.2, -0.15) is 0 Å². The van der Waals surface area contributed by atoms with E-state index in [1.165, 1.54) is 0 Å². The Morgan fingerprint density at radius 1 is 1.37 bits per heavy atom. The van der Waals surface area contributed by atoms with Crippen LogP contribution in [0.15, 0.2) is 47.1 Å². The van der Waals surface area contributed by atoms with Gasteiger partial charge in [-0.05, 0) is 49.9 Å². The fraction of sp³-hybridized carbons (Fsp3) is 0.429. The van der Waals surface area contributed by atoms with Crippen molar-refractivity contribution in [2.24, 2.45) is 12.5 Å². The number of carbonyl (C=O) groups excluding carboxylic acids is 1. The third kappa shape index (κ3) is 2.84. The number of amides is 1. The maximum Gasteiger partial charge on any atom is 0.290 e. The van der Waals surface area contributed by atoms with Crippen LogP contribution in [-0.2, 0) is 13.6 Å². The van der Waals surface area contributed by atoms with E-state index in [2.05, 4.69) is 10.3 Å². The molecule has 1 saturated carbocycles. The number of nitrogens with one attached hydrogen (secondary N) is 1. The summed E-state index contributed by atoms with van der Waals surface area (Å²) in [6.07, 6.45) is 7.04. The SMILES string of the molecule is Cn1ccnc1CN(C(=O)c1cc2ccccc2o1)[C@@H]1CC12CCNCC2. The summed E-state index contributed by atoms with van der Waals surface area (Å²) in [6.45, 7) is 2.58. The second-order valence-corrected chi connectivity index (χ2v) is 7.87. The molecule has 140 valence electrons. The predicted molar refractivity (Wildman–Crippen MR) is 102 cm³/mol. The van der Waals surface area contributed by atoms with E-state index in [0.29, 0.717) is 12.3 Å². The standard InChI is InChI=1S/C21H24N4O2/c1-24-11-10-23-19(24)14-25(18-13-21(18)6-8-22-9-7-21)20(26)17-12-15-4-2-3-5-16(15)27-17/h2-5,10-12,18,22H,6-9,13-14H2,1H3/t18-/m1/s1. The van der Waals surface area contributed by atoms with Crippen LogP contribution < -0.4 is 5.32 Å². The van der Waals surface area contributed by atoms with Crippen molar-refractivity contribution in [3.05, 3.63) is 54.3 Å². The summed E-state index contributed by atoms with van der Waals surface area (Å²) < 4.78 is 7.87. The minimum absolute atomic E-state index is 0.0328. The molecule has 1 spiro atoms. The second-order valence-electron chi connectivity index (χ2n) is 7.87. The molecule has 1 N–H and O–H groups in total. The highest BCUT2D eigenvalue weighted by Crippen LogP contribution is 2.56. The summed E-state index contributed by atoms with van der Waals surface area (Å²) in [6, 6.07) is 9.89. The van der Waals surface area contributed by atoms with Gasteiger partial charge in [0.15, 0.2) is 5.76 Å². The molecule has 2 aromatic heterocycles. The zero-order valence-corrected chi connectivity index (χ0v) is 15.5. The van der Waals surface area contributed by atoms with Crippen LogP contribution in [0.1, 0.15) is 35.6 Å². The van der Waals surface area contributed by atoms with Crippen LogP contribution in [0.2, 0.25) is 0 Å². The quantitative estimate of drug-likeness (QED) is 0.773. The Hall–Kier alpha value is -2.60. The average Bonchev–Trinajstić information content (AvgIpc) is 3.04. The van der Waals surface area contributed by atoms with Crippen LogP contribution in [0.4, 0.5) is 0 Å². The van der Waals surface area contributed by atoms with Crippen molar-refractivity contribution < 1.29 is 9.21 Å². The first-order valence-corrected chi connectivity index (χ1v) is 9.63. The summed E-state index contributed by atoms with van der Waals surface area (Å²) in [7, 11) is 1.97. The molecule has 0 unspecified atom stereocenters. The lowest BCUT2D eigenvalue weighted by molar-refractivity contribution is 0.0655. The van der Waals surface area contributed by atoms with Gasteiger partial charge in [0, 0.05) is 30.9 Å². The summed E-state index contributed by atoms with van der Waals surface area (Å²) in [5.74, 6) is 1.28. The Labute approximate surface area is 158 Å². The van der Waals surface area contributed by atoms with E-state index < -0.39 is 0 Å². The van der Waals surface area contributed by atoms with Crippen LogP contribution in [0.25, 0.3) is 11.0 Å². The Balaban J connectivity index is 1.47. The molecule has 2 aliphatic rings. The minimum atomic E-state index is -0.0328. The summed E-state index contributed by atoms with van der Waals surface area (Å²) >= 11 is 0. The summed E-state index contributed by atoms with van der Waals surface area (Å²) in [5, 5.41) is 4.40. The minimum Gasteiger partial charge on any atom is -0.451 e. The predicted octanol–water partition coefficient (Wildman–Crippen LogP) is 2.95. The topological polar surface area (TPSA) is 63.3 Å². The van der Waals surface area contributed by atoms with Crippen LogP contribution in [0.3, 0.4) is 0 Å². The lowest BCUT2D eigenvalue weighted by atomic mass is 9.93. The largest absolute Gasteiger partial charge is 0.451 e. The van der Waals surface area contributed by atoms with Gasteiger partial charge in [0.1, 0.15) is 11.4 Å². The van der Waals surface area contributed by atoms with Crippen LogP contribution in [0, 0.1) is 5.41 Å². The Morgan fingerprint density at radius 2 is 2.19 bits per heavy atom. The fourth-order valence-electron chi connectivity index (χ4n) is 4.48. The number of piperidine rings is 1. The maximum atomic E-state index is 13.4. The van der Waals surface area contributed by atoms with Crippen molar-refractivity contribution in [2.45, 2.75) is 31.8 Å². The number of para-hydroxylation sites is 1. The van der Waals surface area contributed by atoms with E-state index in [1.54, 1.807) is 6.20 Å². The molecule has 1 atom stereocenters. The van der Waals surface area contributed by atoms with Crippen LogP contribution in [0.5, 0.6) is 0 Å². The van der Waals surface area contributed by atoms with Gasteiger partial charge >= 0.3 is 0 Å². The average molecular weight is 364 g/mol. The van der Waals surface area contributed by atoms with E-state index in [1.807, 2.05) is 53.0 Å². The maximum absolute atomic E-state index is 13.4. The first-order chi connectivity index (χ1) is 13.2. The number of aromatic nitrogens is 2. The molecule has 5 rings (SSSR count). The first kappa shape index (κ1) is 16.6. The number of benzene rings is 1. The highest BCUT2D eigenvalue weighted by molar-refractivity contribution is 5.96. The lowest BCUT2D eigenvalue weighted by Crippen LogP contribution is -2.39. The Bertz CT molecular complexity index is 950. The van der Waals surface area contributed by atoms with Crippen molar-refractivity contribution in [1.29, 1.82) is 0 Å². The number of hydrogen-bond donors (Lipinski definition) is 1. The molecule has 6 nitrogen and oxygen atoms in total. The molecule has 1 amide bonds. The van der Waals surface area contributed by atoms with Crippen LogP contribution in [-0.4, -0.2) is 39.5 Å². The zero-order valence-electron chi connectivity index (χ0n) is 15.5. The molecule has 1 saturated heterocycles. The van der Waals surface area contributed by atoms with E-state index in [9.17, 15) is 4.79 Å². The van der Waals surface area contributed by atoms with Gasteiger partial charge in [-0.3, -0.25) is 4.79 Å². The molecule has 1 aliphatic heterocycles. The van der Waals surface area contributed by atoms with Gasteiger partial charge < -0.3 is 19.2 Å². The van der Waals surface area contributed by atoms with Gasteiger partial charge in [-0.25, -0.2) is 4.98 Å². The van der Waals surface area contributed by atoms with Crippen LogP contribution >= 0.6 is 0 Å². The van der Waals surface area contributed by atoms with Gasteiger partial charge in [-0.15, -0.1) is 0 Å². The molecule has 1 aliphatic carbocycles. The van der Waals surface area contributed by atoms with Crippen molar-refractivity contribution in [3.8, 4) is 0 Å². The van der Waals surface area contributed by atoms with Crippen molar-refractivity contribution >= 4 is 16.9 Å². The molecule has 3 heterocycles. The van der Waals surface area contributed by atoms with E-state index in [0.717, 1.165) is 49.1 Å². The highest BCUT2D eigenvalue weighted by Gasteiger charge is 2.58. The number of carbonyl (C=O) groups is 1. The second kappa shape index (κ2) is 6.23. The number of nitrogens with zero attached hydrogens (tertiary/aromatic N) is 3. The molecule has 0 bridgehead atoms. The molecule has 1 aromatic carbocycles. The van der Waals surface area contributed by atoms with Gasteiger partial charge in [0.05, 0.1) is 6.54 Å². The molecule has 2 fully saturated rings. The Morgan fingerprint density at radius 3 is 2.93 bits per heavy atom. The number of aryl methyl sites for hydroxylation is 1. The molecular formula is C21H24N4O2. The van der Waals surface area contributed by atoms with Gasteiger partial charge in [0.2, 0.25) is 0 Å². The number of fused-ring (bicyclic) bond motifs is 1. The summed E-state index contributed by atoms with van der Waals surface area (Å²) in [4.78, 5) is 19.9. The number of imidazole rings is 1. The normalized spacial score (nSPS) is 20.9. The van der Waals surface area contributed by atoms with E-state index in [-0.39, 0.29) is 17.4 Å². The first-order valence-electron chi connectivity index (χ1n) is 9.63. The molecule has 0 radical (unpaired) electrons. The summed E-state index contributed by atoms with van der Waals surface area (Å²) in [5.41, 5.74) is 1.02. The highest BCUT2D eigenvalue weighted by atomic mass is 16.3. The van der Waals surface area contributed by atoms with E-state index in [4.69, 9.17) is 4.42 Å². The lowest BCUT2D eigenvalue weighted by Gasteiger charge is -2.29. The van der Waals surface area contributed by atoms with Crippen molar-refractivity contribution in [2.75, 3.05) is 13.1 Å². The number of hydrogen-bond acceptors (Lipinski definition) is 4. The molecule has 6 heteroatoms.